The van der Waals surface area contributed by atoms with E-state index in [0.29, 0.717) is 22.3 Å². The van der Waals surface area contributed by atoms with Gasteiger partial charge in [0, 0.05) is 12.0 Å². The van der Waals surface area contributed by atoms with Crippen LogP contribution in [0, 0.1) is 6.92 Å². The summed E-state index contributed by atoms with van der Waals surface area (Å²) in [6.07, 6.45) is -0.844. The summed E-state index contributed by atoms with van der Waals surface area (Å²) in [6, 6.07) is 11.0. The van der Waals surface area contributed by atoms with Crippen LogP contribution in [0.3, 0.4) is 0 Å². The van der Waals surface area contributed by atoms with Gasteiger partial charge in [-0.25, -0.2) is 4.79 Å². The molecule has 1 unspecified atom stereocenters. The van der Waals surface area contributed by atoms with Crippen molar-refractivity contribution in [2.45, 2.75) is 26.4 Å². The number of phenolic OH excluding ortho intramolecular Hbond substituents is 1. The molecular formula is C20H21N3O4. The van der Waals surface area contributed by atoms with Gasteiger partial charge < -0.3 is 14.9 Å². The number of aliphatic hydroxyl groups excluding tert-OH is 1. The Balaban J connectivity index is 1.85. The molecule has 27 heavy (non-hydrogen) atoms. The molecule has 0 radical (unpaired) electrons. The van der Waals surface area contributed by atoms with Crippen LogP contribution >= 0.6 is 0 Å². The van der Waals surface area contributed by atoms with E-state index in [-0.39, 0.29) is 24.4 Å². The highest BCUT2D eigenvalue weighted by Gasteiger charge is 2.17. The van der Waals surface area contributed by atoms with Gasteiger partial charge in [0.15, 0.2) is 0 Å². The number of ether oxygens (including phenoxy) is 1. The molecular weight excluding hydrogens is 346 g/mol. The number of hydrogen-bond donors (Lipinski definition) is 2. The van der Waals surface area contributed by atoms with Crippen LogP contribution in [0.2, 0.25) is 0 Å². The lowest BCUT2D eigenvalue weighted by atomic mass is 10.0. The van der Waals surface area contributed by atoms with Crippen LogP contribution in [-0.4, -0.2) is 43.9 Å². The van der Waals surface area contributed by atoms with Crippen molar-refractivity contribution in [2.75, 3.05) is 6.61 Å². The number of aryl methyl sites for hydroxylation is 1. The molecule has 0 saturated heterocycles. The van der Waals surface area contributed by atoms with Crippen molar-refractivity contribution >= 4 is 17.0 Å². The van der Waals surface area contributed by atoms with E-state index < -0.39 is 12.1 Å². The molecule has 2 N–H and O–H groups in total. The summed E-state index contributed by atoms with van der Waals surface area (Å²) in [5.41, 5.74) is 3.51. The third kappa shape index (κ3) is 4.15. The van der Waals surface area contributed by atoms with Gasteiger partial charge >= 0.3 is 5.97 Å². The summed E-state index contributed by atoms with van der Waals surface area (Å²) in [5.74, 6) is -0.582. The number of aliphatic hydroxyl groups is 1. The highest BCUT2D eigenvalue weighted by Crippen LogP contribution is 2.29. The van der Waals surface area contributed by atoms with Gasteiger partial charge in [0.05, 0.1) is 6.10 Å². The molecule has 7 heteroatoms. The minimum Gasteiger partial charge on any atom is -0.505 e. The Morgan fingerprint density at radius 3 is 2.48 bits per heavy atom. The summed E-state index contributed by atoms with van der Waals surface area (Å²) in [4.78, 5) is 12.8. The van der Waals surface area contributed by atoms with Gasteiger partial charge in [0.1, 0.15) is 29.1 Å². The van der Waals surface area contributed by atoms with E-state index in [0.717, 1.165) is 5.56 Å². The summed E-state index contributed by atoms with van der Waals surface area (Å²) in [7, 11) is 0. The number of benzene rings is 2. The van der Waals surface area contributed by atoms with E-state index >= 15 is 0 Å². The standard InChI is InChI=1S/C20H21N3O4/c1-12(2)20(26)27-11-15(24)10-14-8-13(3)9-18(19(14)25)23-21-16-6-4-5-7-17(16)22-23/h4-9,15,24-25H,1,10-11H2,2-3H3. The summed E-state index contributed by atoms with van der Waals surface area (Å²) in [6.45, 7) is 6.73. The first-order chi connectivity index (χ1) is 12.8. The minimum atomic E-state index is -0.960. The zero-order chi connectivity index (χ0) is 19.6. The van der Waals surface area contributed by atoms with E-state index in [4.69, 9.17) is 4.74 Å². The first kappa shape index (κ1) is 18.6. The molecule has 0 bridgehead atoms. The Bertz CT molecular complexity index is 977. The van der Waals surface area contributed by atoms with Crippen molar-refractivity contribution in [1.82, 2.24) is 15.0 Å². The Morgan fingerprint density at radius 1 is 1.26 bits per heavy atom. The fourth-order valence-corrected chi connectivity index (χ4v) is 2.72. The zero-order valence-electron chi connectivity index (χ0n) is 15.2. The van der Waals surface area contributed by atoms with E-state index in [2.05, 4.69) is 16.8 Å². The van der Waals surface area contributed by atoms with Crippen LogP contribution in [0.5, 0.6) is 5.75 Å². The van der Waals surface area contributed by atoms with Crippen LogP contribution in [-0.2, 0) is 16.0 Å². The normalized spacial score (nSPS) is 12.1. The van der Waals surface area contributed by atoms with Crippen molar-refractivity contribution in [2.24, 2.45) is 0 Å². The molecule has 3 rings (SSSR count). The molecule has 0 spiro atoms. The maximum Gasteiger partial charge on any atom is 0.333 e. The van der Waals surface area contributed by atoms with Gasteiger partial charge in [-0.05, 0) is 43.2 Å². The lowest BCUT2D eigenvalue weighted by Crippen LogP contribution is -2.21. The molecule has 0 saturated carbocycles. The van der Waals surface area contributed by atoms with E-state index in [1.54, 1.807) is 12.1 Å². The fourth-order valence-electron chi connectivity index (χ4n) is 2.72. The number of carbonyl (C=O) groups is 1. The number of phenols is 1. The Morgan fingerprint density at radius 2 is 1.89 bits per heavy atom. The summed E-state index contributed by atoms with van der Waals surface area (Å²) in [5, 5.41) is 29.6. The molecule has 3 aromatic rings. The van der Waals surface area contributed by atoms with E-state index in [1.807, 2.05) is 31.2 Å². The third-order valence-electron chi connectivity index (χ3n) is 4.03. The maximum absolute atomic E-state index is 11.4. The third-order valence-corrected chi connectivity index (χ3v) is 4.03. The topological polar surface area (TPSA) is 97.5 Å². The quantitative estimate of drug-likeness (QED) is 0.513. The number of rotatable bonds is 6. The lowest BCUT2D eigenvalue weighted by Gasteiger charge is -2.15. The molecule has 140 valence electrons. The number of esters is 1. The Labute approximate surface area is 156 Å². The van der Waals surface area contributed by atoms with Crippen molar-refractivity contribution < 1.29 is 19.7 Å². The number of hydrogen-bond acceptors (Lipinski definition) is 6. The number of carbonyl (C=O) groups excluding carboxylic acids is 1. The van der Waals surface area contributed by atoms with Crippen molar-refractivity contribution in [1.29, 1.82) is 0 Å². The van der Waals surface area contributed by atoms with Gasteiger partial charge in [-0.15, -0.1) is 15.0 Å². The Kier molecular flexibility index (Phi) is 5.23. The van der Waals surface area contributed by atoms with Gasteiger partial charge in [0.25, 0.3) is 0 Å². The van der Waals surface area contributed by atoms with Crippen molar-refractivity contribution in [3.8, 4) is 11.4 Å². The second-order valence-corrected chi connectivity index (χ2v) is 6.51. The number of aromatic nitrogens is 3. The van der Waals surface area contributed by atoms with E-state index in [1.165, 1.54) is 11.7 Å². The zero-order valence-corrected chi connectivity index (χ0v) is 15.2. The molecule has 7 nitrogen and oxygen atoms in total. The minimum absolute atomic E-state index is 0.0221. The molecule has 1 heterocycles. The average molecular weight is 367 g/mol. The molecule has 2 aromatic carbocycles. The average Bonchev–Trinajstić information content (AvgIpc) is 3.06. The summed E-state index contributed by atoms with van der Waals surface area (Å²) >= 11 is 0. The Hall–Kier alpha value is -3.19. The van der Waals surface area contributed by atoms with Crippen LogP contribution in [0.25, 0.3) is 16.7 Å². The second-order valence-electron chi connectivity index (χ2n) is 6.51. The second kappa shape index (κ2) is 7.59. The number of nitrogens with zero attached hydrogens (tertiary/aromatic N) is 3. The fraction of sp³-hybridized carbons (Fsp3) is 0.250. The first-order valence-electron chi connectivity index (χ1n) is 8.51. The van der Waals surface area contributed by atoms with Crippen molar-refractivity contribution in [3.63, 3.8) is 0 Å². The molecule has 0 fully saturated rings. The SMILES string of the molecule is C=C(C)C(=O)OCC(O)Cc1cc(C)cc(-n2nc3ccccc3n2)c1O. The maximum atomic E-state index is 11.4. The van der Waals surface area contributed by atoms with E-state index in [9.17, 15) is 15.0 Å². The molecule has 1 aromatic heterocycles. The van der Waals surface area contributed by atoms with Gasteiger partial charge in [-0.2, -0.15) is 0 Å². The largest absolute Gasteiger partial charge is 0.505 e. The molecule has 1 atom stereocenters. The molecule has 0 amide bonds. The molecule has 0 aliphatic rings. The van der Waals surface area contributed by atoms with Crippen LogP contribution in [0.4, 0.5) is 0 Å². The molecule has 0 aliphatic heterocycles. The van der Waals surface area contributed by atoms with Crippen LogP contribution in [0.15, 0.2) is 48.6 Å². The lowest BCUT2D eigenvalue weighted by molar-refractivity contribution is -0.141. The highest BCUT2D eigenvalue weighted by molar-refractivity contribution is 5.86. The van der Waals surface area contributed by atoms with Gasteiger partial charge in [-0.3, -0.25) is 0 Å². The number of aromatic hydroxyl groups is 1. The van der Waals surface area contributed by atoms with Crippen LogP contribution < -0.4 is 0 Å². The van der Waals surface area contributed by atoms with Crippen molar-refractivity contribution in [3.05, 3.63) is 59.7 Å². The molecule has 0 aliphatic carbocycles. The van der Waals surface area contributed by atoms with Gasteiger partial charge in [0.2, 0.25) is 0 Å². The monoisotopic (exact) mass is 367 g/mol. The first-order valence-corrected chi connectivity index (χ1v) is 8.51. The van der Waals surface area contributed by atoms with Gasteiger partial charge in [-0.1, -0.05) is 24.8 Å². The number of fused-ring (bicyclic) bond motifs is 1. The predicted molar refractivity (Wildman–Crippen MR) is 101 cm³/mol. The predicted octanol–water partition coefficient (Wildman–Crippen LogP) is 2.46. The van der Waals surface area contributed by atoms with Crippen LogP contribution in [0.1, 0.15) is 18.1 Å². The summed E-state index contributed by atoms with van der Waals surface area (Å²) < 4.78 is 4.96. The smallest absolute Gasteiger partial charge is 0.333 e. The highest BCUT2D eigenvalue weighted by atomic mass is 16.5.